The van der Waals surface area contributed by atoms with Crippen LogP contribution in [0.1, 0.15) is 24.0 Å². The molecule has 0 unspecified atom stereocenters. The molecular formula is C19H18BrN3O3. The van der Waals surface area contributed by atoms with E-state index in [1.807, 2.05) is 48.5 Å². The zero-order chi connectivity index (χ0) is 18.4. The zero-order valence-electron chi connectivity index (χ0n) is 13.9. The molecule has 2 aromatic carbocycles. The average molecular weight is 416 g/mol. The summed E-state index contributed by atoms with van der Waals surface area (Å²) in [5, 5.41) is 6.47. The van der Waals surface area contributed by atoms with Crippen LogP contribution in [0, 0.1) is 0 Å². The van der Waals surface area contributed by atoms with Crippen LogP contribution in [0.5, 0.6) is 5.75 Å². The third-order valence-electron chi connectivity index (χ3n) is 3.70. The highest BCUT2D eigenvalue weighted by atomic mass is 79.9. The van der Waals surface area contributed by atoms with E-state index < -0.39 is 11.8 Å². The summed E-state index contributed by atoms with van der Waals surface area (Å²) in [7, 11) is 0. The number of carbonyl (C=O) groups excluding carboxylic acids is 2. The normalized spacial score (nSPS) is 13.4. The Kier molecular flexibility index (Phi) is 6.01. The molecule has 134 valence electrons. The quantitative estimate of drug-likeness (QED) is 0.432. The second-order valence-corrected chi connectivity index (χ2v) is 6.82. The number of hydrogen-bond acceptors (Lipinski definition) is 4. The molecule has 2 amide bonds. The highest BCUT2D eigenvalue weighted by Gasteiger charge is 2.26. The van der Waals surface area contributed by atoms with Gasteiger partial charge in [0.1, 0.15) is 12.4 Å². The monoisotopic (exact) mass is 415 g/mol. The van der Waals surface area contributed by atoms with E-state index in [0.717, 1.165) is 22.9 Å². The van der Waals surface area contributed by atoms with E-state index in [4.69, 9.17) is 4.74 Å². The Labute approximate surface area is 159 Å². The molecule has 1 saturated carbocycles. The second-order valence-electron chi connectivity index (χ2n) is 5.90. The van der Waals surface area contributed by atoms with Crippen molar-refractivity contribution in [2.75, 3.05) is 0 Å². The first-order chi connectivity index (χ1) is 12.6. The van der Waals surface area contributed by atoms with Gasteiger partial charge in [-0.25, -0.2) is 5.43 Å². The van der Waals surface area contributed by atoms with Crippen molar-refractivity contribution in [2.24, 2.45) is 5.10 Å². The van der Waals surface area contributed by atoms with Gasteiger partial charge in [0.25, 0.3) is 0 Å². The van der Waals surface area contributed by atoms with Gasteiger partial charge < -0.3 is 10.1 Å². The lowest BCUT2D eigenvalue weighted by Gasteiger charge is -2.09. The van der Waals surface area contributed by atoms with Gasteiger partial charge in [-0.05, 0) is 36.6 Å². The first kappa shape index (κ1) is 18.1. The van der Waals surface area contributed by atoms with Crippen molar-refractivity contribution in [2.45, 2.75) is 25.5 Å². The molecule has 0 bridgehead atoms. The molecule has 0 radical (unpaired) electrons. The van der Waals surface area contributed by atoms with E-state index in [1.54, 1.807) is 0 Å². The number of hydrogen-bond donors (Lipinski definition) is 2. The maximum atomic E-state index is 11.7. The molecule has 2 N–H and O–H groups in total. The molecule has 1 fully saturated rings. The summed E-state index contributed by atoms with van der Waals surface area (Å²) in [6, 6.07) is 15.4. The Morgan fingerprint density at radius 2 is 1.92 bits per heavy atom. The van der Waals surface area contributed by atoms with Crippen LogP contribution in [0.15, 0.2) is 58.1 Å². The molecule has 0 heterocycles. The fourth-order valence-electron chi connectivity index (χ4n) is 2.18. The number of benzene rings is 2. The molecule has 1 aliphatic carbocycles. The lowest BCUT2D eigenvalue weighted by Crippen LogP contribution is -2.38. The Morgan fingerprint density at radius 1 is 1.15 bits per heavy atom. The smallest absolute Gasteiger partial charge is 0.329 e. The van der Waals surface area contributed by atoms with Crippen LogP contribution in [-0.4, -0.2) is 24.1 Å². The van der Waals surface area contributed by atoms with Gasteiger partial charge in [0.15, 0.2) is 0 Å². The van der Waals surface area contributed by atoms with Crippen LogP contribution in [0.2, 0.25) is 0 Å². The van der Waals surface area contributed by atoms with Gasteiger partial charge in [0.2, 0.25) is 0 Å². The SMILES string of the molecule is O=C(N/N=C\c1cc(Br)ccc1OCc1ccccc1)C(=O)NC1CC1. The molecule has 0 saturated heterocycles. The summed E-state index contributed by atoms with van der Waals surface area (Å²) in [5.74, 6) is -0.827. The van der Waals surface area contributed by atoms with Gasteiger partial charge in [-0.1, -0.05) is 46.3 Å². The number of nitrogens with one attached hydrogen (secondary N) is 2. The van der Waals surface area contributed by atoms with Gasteiger partial charge >= 0.3 is 11.8 Å². The van der Waals surface area contributed by atoms with Crippen molar-refractivity contribution in [3.63, 3.8) is 0 Å². The highest BCUT2D eigenvalue weighted by Crippen LogP contribution is 2.23. The molecule has 3 rings (SSSR count). The minimum absolute atomic E-state index is 0.125. The zero-order valence-corrected chi connectivity index (χ0v) is 15.5. The van der Waals surface area contributed by atoms with Crippen molar-refractivity contribution < 1.29 is 14.3 Å². The first-order valence-corrected chi connectivity index (χ1v) is 9.01. The lowest BCUT2D eigenvalue weighted by molar-refractivity contribution is -0.139. The van der Waals surface area contributed by atoms with Gasteiger partial charge in [-0.2, -0.15) is 5.10 Å². The molecule has 0 aliphatic heterocycles. The molecule has 7 heteroatoms. The number of rotatable bonds is 6. The fraction of sp³-hybridized carbons (Fsp3) is 0.211. The maximum absolute atomic E-state index is 11.7. The second kappa shape index (κ2) is 8.62. The number of nitrogens with zero attached hydrogens (tertiary/aromatic N) is 1. The molecule has 0 aromatic heterocycles. The third kappa shape index (κ3) is 5.42. The predicted octanol–water partition coefficient (Wildman–Crippen LogP) is 2.76. The number of amides is 2. The number of halogens is 1. The van der Waals surface area contributed by atoms with Crippen LogP contribution < -0.4 is 15.5 Å². The van der Waals surface area contributed by atoms with Crippen molar-refractivity contribution in [3.05, 3.63) is 64.1 Å². The standard InChI is InChI=1S/C19H18BrN3O3/c20-15-6-9-17(26-12-13-4-2-1-3-5-13)14(10-15)11-21-23-19(25)18(24)22-16-7-8-16/h1-6,9-11,16H,7-8,12H2,(H,22,24)(H,23,25)/b21-11-. The molecule has 6 nitrogen and oxygen atoms in total. The summed E-state index contributed by atoms with van der Waals surface area (Å²) in [4.78, 5) is 23.3. The summed E-state index contributed by atoms with van der Waals surface area (Å²) in [5.41, 5.74) is 3.96. The van der Waals surface area contributed by atoms with Crippen LogP contribution in [-0.2, 0) is 16.2 Å². The maximum Gasteiger partial charge on any atom is 0.329 e. The van der Waals surface area contributed by atoms with Crippen molar-refractivity contribution in [1.29, 1.82) is 0 Å². The lowest BCUT2D eigenvalue weighted by atomic mass is 10.2. The summed E-state index contributed by atoms with van der Waals surface area (Å²) in [6.45, 7) is 0.416. The highest BCUT2D eigenvalue weighted by molar-refractivity contribution is 9.10. The Balaban J connectivity index is 1.61. The van der Waals surface area contributed by atoms with Gasteiger partial charge in [-0.15, -0.1) is 0 Å². The summed E-state index contributed by atoms with van der Waals surface area (Å²) < 4.78 is 6.69. The molecular weight excluding hydrogens is 398 g/mol. The average Bonchev–Trinajstić information content (AvgIpc) is 3.45. The molecule has 2 aromatic rings. The van der Waals surface area contributed by atoms with Crippen LogP contribution >= 0.6 is 15.9 Å². The van der Waals surface area contributed by atoms with E-state index in [1.165, 1.54) is 6.21 Å². The largest absolute Gasteiger partial charge is 0.488 e. The molecule has 1 aliphatic rings. The van der Waals surface area contributed by atoms with Gasteiger partial charge in [-0.3, -0.25) is 9.59 Å². The first-order valence-electron chi connectivity index (χ1n) is 8.22. The Hall–Kier alpha value is -2.67. The Morgan fingerprint density at radius 3 is 2.65 bits per heavy atom. The van der Waals surface area contributed by atoms with E-state index >= 15 is 0 Å². The topological polar surface area (TPSA) is 79.8 Å². The number of ether oxygens (including phenoxy) is 1. The number of hydrazone groups is 1. The fourth-order valence-corrected chi connectivity index (χ4v) is 2.56. The van der Waals surface area contributed by atoms with E-state index in [2.05, 4.69) is 31.8 Å². The number of carbonyl (C=O) groups is 2. The molecule has 26 heavy (non-hydrogen) atoms. The van der Waals surface area contributed by atoms with E-state index in [0.29, 0.717) is 17.9 Å². The van der Waals surface area contributed by atoms with Crippen LogP contribution in [0.3, 0.4) is 0 Å². The van der Waals surface area contributed by atoms with E-state index in [9.17, 15) is 9.59 Å². The van der Waals surface area contributed by atoms with Crippen LogP contribution in [0.25, 0.3) is 0 Å². The molecule has 0 spiro atoms. The third-order valence-corrected chi connectivity index (χ3v) is 4.19. The Bertz CT molecular complexity index is 820. The molecule has 0 atom stereocenters. The van der Waals surface area contributed by atoms with Crippen molar-refractivity contribution in [1.82, 2.24) is 10.7 Å². The van der Waals surface area contributed by atoms with Gasteiger partial charge in [0, 0.05) is 16.1 Å². The van der Waals surface area contributed by atoms with Crippen molar-refractivity contribution in [3.8, 4) is 5.75 Å². The summed E-state index contributed by atoms with van der Waals surface area (Å²) in [6.07, 6.45) is 3.29. The minimum Gasteiger partial charge on any atom is -0.488 e. The van der Waals surface area contributed by atoms with Crippen molar-refractivity contribution >= 4 is 34.0 Å². The summed E-state index contributed by atoms with van der Waals surface area (Å²) >= 11 is 3.40. The van der Waals surface area contributed by atoms with E-state index in [-0.39, 0.29) is 6.04 Å². The van der Waals surface area contributed by atoms with Gasteiger partial charge in [0.05, 0.1) is 6.21 Å². The minimum atomic E-state index is -0.782. The van der Waals surface area contributed by atoms with Crippen LogP contribution in [0.4, 0.5) is 0 Å². The predicted molar refractivity (Wildman–Crippen MR) is 102 cm³/mol.